The first kappa shape index (κ1) is 28.5. The summed E-state index contributed by atoms with van der Waals surface area (Å²) in [5.41, 5.74) is 3.53. The minimum Gasteiger partial charge on any atom is -0.481 e. The highest BCUT2D eigenvalue weighted by atomic mass is 35.5. The van der Waals surface area contributed by atoms with E-state index in [0.29, 0.717) is 29.4 Å². The average molecular weight is 560 g/mol. The molecule has 0 amide bonds. The molecule has 4 aromatic rings. The zero-order chi connectivity index (χ0) is 28.5. The molecule has 206 valence electrons. The number of carbonyl (C=O) groups is 2. The number of hydrogen-bond donors (Lipinski definition) is 2. The van der Waals surface area contributed by atoms with Crippen LogP contribution in [0.15, 0.2) is 85.1 Å². The van der Waals surface area contributed by atoms with Gasteiger partial charge in [0, 0.05) is 18.0 Å². The number of allylic oxidation sites excluding steroid dienone is 1. The summed E-state index contributed by atoms with van der Waals surface area (Å²) < 4.78 is 13.6. The normalized spacial score (nSPS) is 12.2. The van der Waals surface area contributed by atoms with Crippen LogP contribution in [0.4, 0.5) is 0 Å². The van der Waals surface area contributed by atoms with Crippen molar-refractivity contribution in [3.8, 4) is 11.5 Å². The second kappa shape index (κ2) is 13.5. The SMILES string of the molecule is CC=CC(Oc1ccc(C=Cc2cccc3c(CCCC(=O)O)cn(CC(=O)O)c23)cc1)Oc1ccccc1Cl. The Morgan fingerprint density at radius 1 is 0.950 bits per heavy atom. The van der Waals surface area contributed by atoms with Gasteiger partial charge in [-0.1, -0.05) is 72.3 Å². The number of aliphatic carboxylic acids is 2. The van der Waals surface area contributed by atoms with E-state index in [1.54, 1.807) is 22.8 Å². The number of aromatic nitrogens is 1. The average Bonchev–Trinajstić information content (AvgIpc) is 3.26. The Morgan fingerprint density at radius 2 is 1.73 bits per heavy atom. The molecule has 1 unspecified atom stereocenters. The van der Waals surface area contributed by atoms with Gasteiger partial charge in [-0.3, -0.25) is 9.59 Å². The Bertz CT molecular complexity index is 1540. The molecule has 0 aliphatic carbocycles. The number of aryl methyl sites for hydroxylation is 1. The van der Waals surface area contributed by atoms with Gasteiger partial charge >= 0.3 is 11.9 Å². The highest BCUT2D eigenvalue weighted by Crippen LogP contribution is 2.29. The summed E-state index contributed by atoms with van der Waals surface area (Å²) in [7, 11) is 0. The number of fused-ring (bicyclic) bond motifs is 1. The van der Waals surface area contributed by atoms with Crippen molar-refractivity contribution in [3.05, 3.63) is 107 Å². The third kappa shape index (κ3) is 7.55. The van der Waals surface area contributed by atoms with Crippen molar-refractivity contribution in [2.24, 2.45) is 0 Å². The summed E-state index contributed by atoms with van der Waals surface area (Å²) in [6, 6.07) is 20.5. The van der Waals surface area contributed by atoms with E-state index in [2.05, 4.69) is 0 Å². The Labute approximate surface area is 237 Å². The molecule has 0 saturated heterocycles. The fourth-order valence-electron chi connectivity index (χ4n) is 4.40. The molecule has 0 fully saturated rings. The first-order chi connectivity index (χ1) is 19.3. The topological polar surface area (TPSA) is 98.0 Å². The van der Waals surface area contributed by atoms with Gasteiger partial charge in [-0.15, -0.1) is 0 Å². The van der Waals surface area contributed by atoms with Crippen molar-refractivity contribution in [1.82, 2.24) is 4.57 Å². The van der Waals surface area contributed by atoms with Crippen LogP contribution < -0.4 is 9.47 Å². The van der Waals surface area contributed by atoms with Gasteiger partial charge in [-0.2, -0.15) is 0 Å². The van der Waals surface area contributed by atoms with Crippen LogP contribution in [-0.4, -0.2) is 33.0 Å². The summed E-state index contributed by atoms with van der Waals surface area (Å²) in [5.74, 6) is -0.646. The summed E-state index contributed by atoms with van der Waals surface area (Å²) in [6.45, 7) is 1.70. The fraction of sp³-hybridized carbons (Fsp3) is 0.188. The van der Waals surface area contributed by atoms with E-state index in [4.69, 9.17) is 26.2 Å². The van der Waals surface area contributed by atoms with Crippen LogP contribution in [0.2, 0.25) is 5.02 Å². The molecule has 40 heavy (non-hydrogen) atoms. The van der Waals surface area contributed by atoms with Crippen molar-refractivity contribution in [1.29, 1.82) is 0 Å². The number of ether oxygens (including phenoxy) is 2. The van der Waals surface area contributed by atoms with E-state index in [-0.39, 0.29) is 13.0 Å². The molecule has 0 bridgehead atoms. The number of hydrogen-bond acceptors (Lipinski definition) is 4. The maximum Gasteiger partial charge on any atom is 0.323 e. The van der Waals surface area contributed by atoms with Crippen LogP contribution in [0.3, 0.4) is 0 Å². The summed E-state index contributed by atoms with van der Waals surface area (Å²) in [4.78, 5) is 22.5. The monoisotopic (exact) mass is 559 g/mol. The van der Waals surface area contributed by atoms with Crippen LogP contribution in [0.5, 0.6) is 11.5 Å². The molecule has 3 aromatic carbocycles. The number of halogens is 1. The second-order valence-corrected chi connectivity index (χ2v) is 9.54. The number of benzene rings is 3. The maximum absolute atomic E-state index is 11.5. The molecular formula is C32H30ClNO6. The van der Waals surface area contributed by atoms with Crippen molar-refractivity contribution in [2.75, 3.05) is 0 Å². The molecule has 0 radical (unpaired) electrons. The Morgan fingerprint density at radius 3 is 2.42 bits per heavy atom. The quantitative estimate of drug-likeness (QED) is 0.101. The largest absolute Gasteiger partial charge is 0.481 e. The molecule has 1 heterocycles. The van der Waals surface area contributed by atoms with Crippen molar-refractivity contribution < 1.29 is 29.3 Å². The molecule has 1 atom stereocenters. The van der Waals surface area contributed by atoms with Crippen LogP contribution in [0, 0.1) is 0 Å². The molecule has 2 N–H and O–H groups in total. The van der Waals surface area contributed by atoms with Gasteiger partial charge in [-0.25, -0.2) is 0 Å². The highest BCUT2D eigenvalue weighted by Gasteiger charge is 2.14. The Hall–Kier alpha value is -4.49. The first-order valence-electron chi connectivity index (χ1n) is 12.9. The van der Waals surface area contributed by atoms with Crippen LogP contribution >= 0.6 is 11.6 Å². The highest BCUT2D eigenvalue weighted by molar-refractivity contribution is 6.32. The number of carboxylic acids is 2. The third-order valence-corrected chi connectivity index (χ3v) is 6.48. The second-order valence-electron chi connectivity index (χ2n) is 9.13. The Balaban J connectivity index is 1.53. The molecule has 0 aliphatic rings. The number of nitrogens with zero attached hydrogens (tertiary/aromatic N) is 1. The number of para-hydroxylation sites is 2. The molecule has 4 rings (SSSR count). The summed E-state index contributed by atoms with van der Waals surface area (Å²) in [6.07, 6.45) is 9.79. The minimum absolute atomic E-state index is 0.0620. The first-order valence-corrected chi connectivity index (χ1v) is 13.2. The predicted octanol–water partition coefficient (Wildman–Crippen LogP) is 7.32. The van der Waals surface area contributed by atoms with Gasteiger partial charge in [0.1, 0.15) is 18.0 Å². The zero-order valence-electron chi connectivity index (χ0n) is 22.0. The number of rotatable bonds is 13. The lowest BCUT2D eigenvalue weighted by atomic mass is 10.0. The van der Waals surface area contributed by atoms with Crippen molar-refractivity contribution >= 4 is 46.6 Å². The molecule has 1 aromatic heterocycles. The van der Waals surface area contributed by atoms with Gasteiger partial charge in [-0.05, 0) is 66.8 Å². The zero-order valence-corrected chi connectivity index (χ0v) is 22.8. The van der Waals surface area contributed by atoms with E-state index in [1.807, 2.05) is 85.9 Å². The predicted molar refractivity (Wildman–Crippen MR) is 157 cm³/mol. The van der Waals surface area contributed by atoms with Crippen LogP contribution in [-0.2, 0) is 22.6 Å². The molecule has 7 nitrogen and oxygen atoms in total. The van der Waals surface area contributed by atoms with Gasteiger partial charge in [0.25, 0.3) is 6.29 Å². The minimum atomic E-state index is -0.946. The summed E-state index contributed by atoms with van der Waals surface area (Å²) in [5, 5.41) is 19.9. The third-order valence-electron chi connectivity index (χ3n) is 6.17. The van der Waals surface area contributed by atoms with Crippen LogP contribution in [0.1, 0.15) is 36.5 Å². The lowest BCUT2D eigenvalue weighted by Gasteiger charge is -2.18. The molecule has 0 spiro atoms. The maximum atomic E-state index is 11.5. The van der Waals surface area contributed by atoms with E-state index in [9.17, 15) is 14.7 Å². The van der Waals surface area contributed by atoms with E-state index in [0.717, 1.165) is 27.6 Å². The lowest BCUT2D eigenvalue weighted by Crippen LogP contribution is -2.21. The van der Waals surface area contributed by atoms with E-state index in [1.165, 1.54) is 0 Å². The molecular weight excluding hydrogens is 530 g/mol. The van der Waals surface area contributed by atoms with Gasteiger partial charge < -0.3 is 24.3 Å². The smallest absolute Gasteiger partial charge is 0.323 e. The summed E-state index contributed by atoms with van der Waals surface area (Å²) >= 11 is 6.22. The van der Waals surface area contributed by atoms with Crippen molar-refractivity contribution in [2.45, 2.75) is 39.0 Å². The van der Waals surface area contributed by atoms with Crippen molar-refractivity contribution in [3.63, 3.8) is 0 Å². The van der Waals surface area contributed by atoms with Gasteiger partial charge in [0.05, 0.1) is 10.5 Å². The van der Waals surface area contributed by atoms with Crippen LogP contribution in [0.25, 0.3) is 23.1 Å². The molecule has 0 aliphatic heterocycles. The standard InChI is InChI=1S/C32H30ClNO6/c1-2-7-31(40-28-12-4-3-11-27(28)33)39-25-18-15-22(16-19-25)14-17-23-8-5-10-26-24(9-6-13-29(35)36)20-34(32(23)26)21-30(37)38/h2-5,7-8,10-12,14-20,31H,6,9,13,21H2,1H3,(H,35,36)(H,37,38). The lowest BCUT2D eigenvalue weighted by molar-refractivity contribution is -0.138. The van der Waals surface area contributed by atoms with E-state index >= 15 is 0 Å². The number of carboxylic acid groups (broad SMARTS) is 2. The molecule has 0 saturated carbocycles. The fourth-order valence-corrected chi connectivity index (χ4v) is 4.58. The molecule has 8 heteroatoms. The van der Waals surface area contributed by atoms with E-state index < -0.39 is 18.2 Å². The van der Waals surface area contributed by atoms with Gasteiger partial charge in [0.2, 0.25) is 0 Å². The van der Waals surface area contributed by atoms with Gasteiger partial charge in [0.15, 0.2) is 0 Å². The Kier molecular flexibility index (Phi) is 9.65.